The van der Waals surface area contributed by atoms with Crippen LogP contribution in [0.25, 0.3) is 0 Å². The largest absolute Gasteiger partial charge is 0.508 e. The highest BCUT2D eigenvalue weighted by Crippen LogP contribution is 2.42. The maximum absolute atomic E-state index is 14.0. The summed E-state index contributed by atoms with van der Waals surface area (Å²) in [4.78, 5) is 3.83. The van der Waals surface area contributed by atoms with E-state index in [1.165, 1.54) is 11.8 Å². The first kappa shape index (κ1) is 24.9. The highest BCUT2D eigenvalue weighted by atomic mass is 32.2. The van der Waals surface area contributed by atoms with Crippen LogP contribution in [0.15, 0.2) is 46.2 Å². The zero-order valence-electron chi connectivity index (χ0n) is 17.4. The molecule has 0 aromatic heterocycles. The number of hydrogen-bond acceptors (Lipinski definition) is 4. The van der Waals surface area contributed by atoms with E-state index < -0.39 is 16.1 Å². The Kier molecular flexibility index (Phi) is 7.51. The normalized spacial score (nSPS) is 12.8. The summed E-state index contributed by atoms with van der Waals surface area (Å²) in [5, 5.41) is -4.97. The number of hydrogen-bond donors (Lipinski definition) is 1. The Morgan fingerprint density at radius 3 is 2.13 bits per heavy atom. The molecular weight excluding hydrogens is 388 g/mol. The Bertz CT molecular complexity index is 905. The number of rotatable bonds is 8. The lowest BCUT2D eigenvalue weighted by molar-refractivity contribution is 0.171. The molecule has 0 atom stereocenters. The number of nitrogens with zero attached hydrogens (tertiary/aromatic N) is 1. The summed E-state index contributed by atoms with van der Waals surface area (Å²) in [5.41, 5.74) is 5.72. The van der Waals surface area contributed by atoms with Crippen LogP contribution in [-0.4, -0.2) is 76.9 Å². The van der Waals surface area contributed by atoms with Gasteiger partial charge < -0.3 is 15.4 Å². The third-order valence-electron chi connectivity index (χ3n) is 4.47. The van der Waals surface area contributed by atoms with E-state index in [0.29, 0.717) is 12.2 Å². The van der Waals surface area contributed by atoms with E-state index in [2.05, 4.69) is 0 Å². The van der Waals surface area contributed by atoms with Crippen LogP contribution in [0, 0.1) is 6.92 Å². The first-order valence-corrected chi connectivity index (χ1v) is 9.88. The average molecular weight is 407 g/mol. The molecule has 0 aliphatic rings. The quantitative estimate of drug-likeness (QED) is 0.533. The first-order valence-electron chi connectivity index (χ1n) is 9.07. The molecule has 0 aliphatic heterocycles. The number of nitrogen functional groups attached to an aromatic ring is 1. The molecule has 11 heteroatoms. The lowest BCUT2D eigenvalue weighted by Crippen LogP contribution is -2.60. The molecule has 12 radical (unpaired) electrons. The third-order valence-corrected chi connectivity index (χ3v) is 5.68. The summed E-state index contributed by atoms with van der Waals surface area (Å²) in [7, 11) is 37.2. The van der Waals surface area contributed by atoms with Gasteiger partial charge in [-0.1, -0.05) is 23.0 Å². The van der Waals surface area contributed by atoms with Gasteiger partial charge in [-0.05, 0) is 62.5 Å². The van der Waals surface area contributed by atoms with Gasteiger partial charge in [0.05, 0.1) is 15.7 Å². The lowest BCUT2D eigenvalue weighted by Gasteiger charge is -2.51. The van der Waals surface area contributed by atoms with Gasteiger partial charge in [-0.2, -0.15) is 0 Å². The van der Waals surface area contributed by atoms with E-state index in [-0.39, 0.29) is 5.75 Å². The minimum Gasteiger partial charge on any atom is -0.508 e. The molecular formula is C19H19B6FN2OS. The van der Waals surface area contributed by atoms with Crippen LogP contribution in [0.1, 0.15) is 11.1 Å². The topological polar surface area (TPSA) is 38.5 Å². The summed E-state index contributed by atoms with van der Waals surface area (Å²) in [6.07, 6.45) is 0. The molecule has 2 aromatic rings. The van der Waals surface area contributed by atoms with Crippen LogP contribution in [0.2, 0.25) is 5.21 Å². The van der Waals surface area contributed by atoms with Gasteiger partial charge in [-0.25, -0.2) is 0 Å². The van der Waals surface area contributed by atoms with Gasteiger partial charge in [0.2, 0.25) is 0 Å². The van der Waals surface area contributed by atoms with Crippen molar-refractivity contribution < 1.29 is 9.13 Å². The summed E-state index contributed by atoms with van der Waals surface area (Å²) < 4.78 is 19.5. The molecule has 0 unspecified atom stereocenters. The minimum absolute atomic E-state index is 0.225. The fourth-order valence-corrected chi connectivity index (χ4v) is 3.58. The van der Waals surface area contributed by atoms with E-state index in [0.717, 1.165) is 20.9 Å². The number of halogens is 1. The summed E-state index contributed by atoms with van der Waals surface area (Å²) in [5.74, 6) is 0.225. The van der Waals surface area contributed by atoms with Gasteiger partial charge in [0.1, 0.15) is 37.1 Å². The van der Waals surface area contributed by atoms with Crippen molar-refractivity contribution in [3.05, 3.63) is 47.5 Å². The van der Waals surface area contributed by atoms with Crippen LogP contribution in [0.3, 0.4) is 0 Å². The number of alkyl halides is 1. The van der Waals surface area contributed by atoms with Gasteiger partial charge in [-0.3, -0.25) is 4.39 Å². The highest BCUT2D eigenvalue weighted by molar-refractivity contribution is 7.99. The Labute approximate surface area is 190 Å². The van der Waals surface area contributed by atoms with Crippen molar-refractivity contribution in [3.8, 4) is 5.75 Å². The van der Waals surface area contributed by atoms with Crippen molar-refractivity contribution in [2.24, 2.45) is 0 Å². The SMILES string of the molecule is [B]C([B])(F)C([B])([B])C([B])([B])Oc1ccc(Sc2ccc(C)cc2N)c(CN(C)C)c1. The van der Waals surface area contributed by atoms with Crippen molar-refractivity contribution in [2.45, 2.75) is 39.3 Å². The van der Waals surface area contributed by atoms with Crippen LogP contribution in [-0.2, 0) is 6.54 Å². The van der Waals surface area contributed by atoms with E-state index in [4.69, 9.17) is 57.5 Å². The van der Waals surface area contributed by atoms with Gasteiger partial charge in [0, 0.05) is 32.9 Å². The average Bonchev–Trinajstić information content (AvgIpc) is 2.57. The molecule has 2 rings (SSSR count). The van der Waals surface area contributed by atoms with Gasteiger partial charge in [0.25, 0.3) is 0 Å². The molecule has 0 saturated carbocycles. The molecule has 0 fully saturated rings. The number of anilines is 1. The fourth-order valence-electron chi connectivity index (χ4n) is 2.64. The molecule has 2 aromatic carbocycles. The van der Waals surface area contributed by atoms with Crippen molar-refractivity contribution in [3.63, 3.8) is 0 Å². The minimum atomic E-state index is -3.08. The molecule has 0 aliphatic carbocycles. The van der Waals surface area contributed by atoms with Crippen molar-refractivity contribution in [1.29, 1.82) is 0 Å². The van der Waals surface area contributed by atoms with Crippen LogP contribution < -0.4 is 10.5 Å². The molecule has 0 spiro atoms. The molecule has 0 amide bonds. The molecule has 3 nitrogen and oxygen atoms in total. The molecule has 30 heavy (non-hydrogen) atoms. The summed E-state index contributed by atoms with van der Waals surface area (Å²) >= 11 is 1.51. The van der Waals surface area contributed by atoms with E-state index >= 15 is 0 Å². The van der Waals surface area contributed by atoms with Crippen LogP contribution in [0.5, 0.6) is 5.75 Å². The Morgan fingerprint density at radius 2 is 1.60 bits per heavy atom. The molecule has 0 saturated heterocycles. The summed E-state index contributed by atoms with van der Waals surface area (Å²) in [6, 6.07) is 11.0. The van der Waals surface area contributed by atoms with E-state index in [1.807, 2.05) is 50.2 Å². The Hall–Kier alpha value is -1.33. The second-order valence-electron chi connectivity index (χ2n) is 7.68. The predicted octanol–water partition coefficient (Wildman–Crippen LogP) is 1.57. The second kappa shape index (κ2) is 9.04. The van der Waals surface area contributed by atoms with Crippen molar-refractivity contribution in [1.82, 2.24) is 4.90 Å². The third kappa shape index (κ3) is 5.67. The molecule has 2 N–H and O–H groups in total. The Morgan fingerprint density at radius 1 is 1.00 bits per heavy atom. The molecule has 0 bridgehead atoms. The summed E-state index contributed by atoms with van der Waals surface area (Å²) in [6.45, 7) is 2.55. The molecule has 142 valence electrons. The monoisotopic (exact) mass is 408 g/mol. The number of nitrogens with two attached hydrogens (primary N) is 1. The smallest absolute Gasteiger partial charge is 0.118 e. The number of aryl methyl sites for hydroxylation is 1. The van der Waals surface area contributed by atoms with Gasteiger partial charge in [0.15, 0.2) is 0 Å². The predicted molar refractivity (Wildman–Crippen MR) is 128 cm³/mol. The number of benzene rings is 2. The first-order chi connectivity index (χ1) is 13.6. The van der Waals surface area contributed by atoms with Gasteiger partial charge >= 0.3 is 0 Å². The van der Waals surface area contributed by atoms with Gasteiger partial charge in [-0.15, -0.1) is 0 Å². The van der Waals surface area contributed by atoms with Crippen molar-refractivity contribution in [2.75, 3.05) is 19.8 Å². The zero-order valence-corrected chi connectivity index (χ0v) is 18.2. The maximum Gasteiger partial charge on any atom is 0.118 e. The lowest BCUT2D eigenvalue weighted by atomic mass is 9.25. The maximum atomic E-state index is 14.0. The Balaban J connectivity index is 2.38. The van der Waals surface area contributed by atoms with E-state index in [1.54, 1.807) is 12.1 Å². The number of ether oxygens (including phenoxy) is 1. The highest BCUT2D eigenvalue weighted by Gasteiger charge is 2.47. The van der Waals surface area contributed by atoms with E-state index in [9.17, 15) is 4.39 Å². The van der Waals surface area contributed by atoms with Crippen molar-refractivity contribution >= 4 is 64.5 Å². The standard InChI is InChI=1S/C19H19B6FN2OS/c1-11-4-6-16(14(27)8-11)30-15-7-5-13(9-12(15)10-28(2)3)29-19(24,25)17(20,21)18(22,23)26/h4-9H,10,27H2,1-3H3. The van der Waals surface area contributed by atoms with Crippen LogP contribution >= 0.6 is 11.8 Å². The zero-order chi connectivity index (χ0) is 22.9. The fraction of sp³-hybridized carbons (Fsp3) is 0.368. The second-order valence-corrected chi connectivity index (χ2v) is 8.77. The van der Waals surface area contributed by atoms with Crippen LogP contribution in [0.4, 0.5) is 10.1 Å². The molecule has 0 heterocycles.